The fourth-order valence-electron chi connectivity index (χ4n) is 1.70. The summed E-state index contributed by atoms with van der Waals surface area (Å²) in [4.78, 5) is 11.5. The van der Waals surface area contributed by atoms with Gasteiger partial charge in [0.1, 0.15) is 5.60 Å². The molecule has 1 saturated carbocycles. The Hall–Kier alpha value is -1.32. The van der Waals surface area contributed by atoms with Crippen molar-refractivity contribution in [2.45, 2.75) is 58.1 Å². The molecule has 1 fully saturated rings. The molecule has 1 aliphatic carbocycles. The van der Waals surface area contributed by atoms with Crippen LogP contribution in [0.2, 0.25) is 0 Å². The van der Waals surface area contributed by atoms with E-state index in [-0.39, 0.29) is 5.97 Å². The second-order valence-electron chi connectivity index (χ2n) is 5.61. The minimum absolute atomic E-state index is 0.166. The second kappa shape index (κ2) is 4.51. The Balaban J connectivity index is 1.78. The third-order valence-electron chi connectivity index (χ3n) is 2.62. The lowest BCUT2D eigenvalue weighted by Crippen LogP contribution is -2.24. The molecular weight excluding hydrogens is 216 g/mol. The van der Waals surface area contributed by atoms with E-state index in [0.29, 0.717) is 18.9 Å². The summed E-state index contributed by atoms with van der Waals surface area (Å²) in [7, 11) is 0. The minimum atomic E-state index is -0.402. The van der Waals surface area contributed by atoms with E-state index in [2.05, 4.69) is 5.10 Å². The van der Waals surface area contributed by atoms with Crippen LogP contribution in [0.5, 0.6) is 0 Å². The molecule has 17 heavy (non-hydrogen) atoms. The number of hydrogen-bond donors (Lipinski definition) is 0. The van der Waals surface area contributed by atoms with Crippen molar-refractivity contribution in [3.8, 4) is 0 Å². The molecule has 0 atom stereocenters. The Bertz CT molecular complexity index is 400. The predicted octanol–water partition coefficient (Wildman–Crippen LogP) is 2.49. The predicted molar refractivity (Wildman–Crippen MR) is 64.7 cm³/mol. The van der Waals surface area contributed by atoms with E-state index >= 15 is 0 Å². The van der Waals surface area contributed by atoms with Gasteiger partial charge in [0.15, 0.2) is 0 Å². The molecule has 94 valence electrons. The van der Waals surface area contributed by atoms with Gasteiger partial charge < -0.3 is 4.74 Å². The van der Waals surface area contributed by atoms with Gasteiger partial charge in [-0.1, -0.05) is 0 Å². The highest BCUT2D eigenvalue weighted by Gasteiger charge is 2.25. The molecular formula is C13H20N2O2. The first-order chi connectivity index (χ1) is 7.94. The highest BCUT2D eigenvalue weighted by atomic mass is 16.6. The lowest BCUT2D eigenvalue weighted by molar-refractivity contribution is -0.155. The minimum Gasteiger partial charge on any atom is -0.460 e. The maximum atomic E-state index is 11.5. The second-order valence-corrected chi connectivity index (χ2v) is 5.61. The number of aryl methyl sites for hydroxylation is 1. The number of esters is 1. The maximum absolute atomic E-state index is 11.5. The van der Waals surface area contributed by atoms with Crippen LogP contribution in [-0.4, -0.2) is 21.4 Å². The first-order valence-electron chi connectivity index (χ1n) is 6.19. The SMILES string of the molecule is CC(C)(C)OC(=O)CCn1ccc(C2CC2)n1. The number of carbonyl (C=O) groups excluding carboxylic acids is 1. The van der Waals surface area contributed by atoms with Crippen molar-refractivity contribution in [3.63, 3.8) is 0 Å². The summed E-state index contributed by atoms with van der Waals surface area (Å²) in [5.41, 5.74) is 0.759. The van der Waals surface area contributed by atoms with Crippen LogP contribution in [0.4, 0.5) is 0 Å². The molecule has 0 radical (unpaired) electrons. The molecule has 2 rings (SSSR count). The van der Waals surface area contributed by atoms with Crippen LogP contribution in [0.3, 0.4) is 0 Å². The van der Waals surface area contributed by atoms with Crippen molar-refractivity contribution >= 4 is 5.97 Å². The van der Waals surface area contributed by atoms with Crippen molar-refractivity contribution in [1.82, 2.24) is 9.78 Å². The average molecular weight is 236 g/mol. The zero-order chi connectivity index (χ0) is 12.5. The Kier molecular flexibility index (Phi) is 3.22. The van der Waals surface area contributed by atoms with Crippen molar-refractivity contribution in [2.75, 3.05) is 0 Å². The van der Waals surface area contributed by atoms with Crippen LogP contribution in [-0.2, 0) is 16.1 Å². The van der Waals surface area contributed by atoms with Crippen molar-refractivity contribution in [3.05, 3.63) is 18.0 Å². The fourth-order valence-corrected chi connectivity index (χ4v) is 1.70. The van der Waals surface area contributed by atoms with Gasteiger partial charge in [0.25, 0.3) is 0 Å². The molecule has 0 N–H and O–H groups in total. The Labute approximate surface area is 102 Å². The van der Waals surface area contributed by atoms with Gasteiger partial charge in [-0.3, -0.25) is 9.48 Å². The van der Waals surface area contributed by atoms with Gasteiger partial charge >= 0.3 is 5.97 Å². The summed E-state index contributed by atoms with van der Waals surface area (Å²) in [6, 6.07) is 2.05. The number of hydrogen-bond acceptors (Lipinski definition) is 3. The van der Waals surface area contributed by atoms with Gasteiger partial charge in [-0.25, -0.2) is 0 Å². The lowest BCUT2D eigenvalue weighted by atomic mass is 10.2. The van der Waals surface area contributed by atoms with E-state index in [0.717, 1.165) is 5.69 Å². The fraction of sp³-hybridized carbons (Fsp3) is 0.692. The normalized spacial score (nSPS) is 15.9. The van der Waals surface area contributed by atoms with Gasteiger partial charge in [-0.2, -0.15) is 5.10 Å². The lowest BCUT2D eigenvalue weighted by Gasteiger charge is -2.19. The number of aromatic nitrogens is 2. The molecule has 0 unspecified atom stereocenters. The smallest absolute Gasteiger partial charge is 0.308 e. The number of nitrogens with zero attached hydrogens (tertiary/aromatic N) is 2. The average Bonchev–Trinajstić information content (AvgIpc) is 2.93. The zero-order valence-corrected chi connectivity index (χ0v) is 10.8. The summed E-state index contributed by atoms with van der Waals surface area (Å²) in [5, 5.41) is 4.45. The number of carbonyl (C=O) groups is 1. The first kappa shape index (κ1) is 12.1. The van der Waals surface area contributed by atoms with E-state index in [9.17, 15) is 4.79 Å². The largest absolute Gasteiger partial charge is 0.460 e. The van der Waals surface area contributed by atoms with Crippen LogP contribution in [0.1, 0.15) is 51.6 Å². The molecule has 4 heteroatoms. The van der Waals surface area contributed by atoms with Gasteiger partial charge in [0.2, 0.25) is 0 Å². The topological polar surface area (TPSA) is 44.1 Å². The van der Waals surface area contributed by atoms with E-state index < -0.39 is 5.60 Å². The summed E-state index contributed by atoms with van der Waals surface area (Å²) in [6.45, 7) is 6.24. The highest BCUT2D eigenvalue weighted by Crippen LogP contribution is 2.38. The van der Waals surface area contributed by atoms with Crippen molar-refractivity contribution in [1.29, 1.82) is 0 Å². The Morgan fingerprint density at radius 2 is 2.24 bits per heavy atom. The van der Waals surface area contributed by atoms with Gasteiger partial charge in [0, 0.05) is 12.1 Å². The molecule has 1 aromatic rings. The Morgan fingerprint density at radius 1 is 1.53 bits per heavy atom. The third-order valence-corrected chi connectivity index (χ3v) is 2.62. The molecule has 0 spiro atoms. The molecule has 4 nitrogen and oxygen atoms in total. The molecule has 0 aliphatic heterocycles. The van der Waals surface area contributed by atoms with Crippen molar-refractivity contribution < 1.29 is 9.53 Å². The summed E-state index contributed by atoms with van der Waals surface area (Å²) in [5.74, 6) is 0.499. The zero-order valence-electron chi connectivity index (χ0n) is 10.8. The Morgan fingerprint density at radius 3 is 2.82 bits per heavy atom. The van der Waals surface area contributed by atoms with Gasteiger partial charge in [-0.15, -0.1) is 0 Å². The van der Waals surface area contributed by atoms with Crippen LogP contribution in [0, 0.1) is 0 Å². The van der Waals surface area contributed by atoms with E-state index in [4.69, 9.17) is 4.74 Å². The molecule has 0 saturated heterocycles. The van der Waals surface area contributed by atoms with E-state index in [1.807, 2.05) is 37.7 Å². The molecule has 1 aromatic heterocycles. The summed E-state index contributed by atoms with van der Waals surface area (Å²) >= 11 is 0. The molecule has 1 aliphatic rings. The maximum Gasteiger partial charge on any atom is 0.308 e. The highest BCUT2D eigenvalue weighted by molar-refractivity contribution is 5.69. The first-order valence-corrected chi connectivity index (χ1v) is 6.19. The van der Waals surface area contributed by atoms with Gasteiger partial charge in [0.05, 0.1) is 18.7 Å². The number of ether oxygens (including phenoxy) is 1. The van der Waals surface area contributed by atoms with Crippen LogP contribution in [0.15, 0.2) is 12.3 Å². The molecule has 0 bridgehead atoms. The molecule has 0 aromatic carbocycles. The van der Waals surface area contributed by atoms with Crippen molar-refractivity contribution in [2.24, 2.45) is 0 Å². The monoisotopic (exact) mass is 236 g/mol. The summed E-state index contributed by atoms with van der Waals surface area (Å²) in [6.07, 6.45) is 4.83. The quantitative estimate of drug-likeness (QED) is 0.754. The summed E-state index contributed by atoms with van der Waals surface area (Å²) < 4.78 is 7.08. The van der Waals surface area contributed by atoms with Crippen LogP contribution < -0.4 is 0 Å². The van der Waals surface area contributed by atoms with Crippen LogP contribution >= 0.6 is 0 Å². The third kappa shape index (κ3) is 3.88. The van der Waals surface area contributed by atoms with Crippen LogP contribution in [0.25, 0.3) is 0 Å². The number of rotatable bonds is 4. The standard InChI is InChI=1S/C13H20N2O2/c1-13(2,3)17-12(16)7-9-15-8-6-11(14-15)10-4-5-10/h6,8,10H,4-5,7,9H2,1-3H3. The van der Waals surface area contributed by atoms with E-state index in [1.165, 1.54) is 12.8 Å². The molecule has 0 amide bonds. The molecule has 1 heterocycles. The van der Waals surface area contributed by atoms with Gasteiger partial charge in [-0.05, 0) is 39.7 Å². The van der Waals surface area contributed by atoms with E-state index in [1.54, 1.807) is 0 Å².